The number of hydrogen-bond acceptors (Lipinski definition) is 9. The van der Waals surface area contributed by atoms with Crippen molar-refractivity contribution in [1.29, 1.82) is 0 Å². The third-order valence-electron chi connectivity index (χ3n) is 6.39. The van der Waals surface area contributed by atoms with E-state index in [2.05, 4.69) is 19.2 Å². The van der Waals surface area contributed by atoms with E-state index in [4.69, 9.17) is 5.14 Å². The number of carbonyl (C=O) groups excluding carboxylic acids is 1. The largest absolute Gasteiger partial charge is 0.416 e. The monoisotopic (exact) mass is 555 g/mol. The van der Waals surface area contributed by atoms with E-state index < -0.39 is 58.5 Å². The summed E-state index contributed by atoms with van der Waals surface area (Å²) in [5, 5.41) is 29.7. The molecule has 0 radical (unpaired) electrons. The highest BCUT2D eigenvalue weighted by Crippen LogP contribution is 2.35. The van der Waals surface area contributed by atoms with Gasteiger partial charge in [-0.1, -0.05) is 18.2 Å². The summed E-state index contributed by atoms with van der Waals surface area (Å²) in [5.74, 6) is -1.88. The van der Waals surface area contributed by atoms with E-state index in [1.54, 1.807) is 0 Å². The van der Waals surface area contributed by atoms with Crippen molar-refractivity contribution in [3.8, 4) is 0 Å². The summed E-state index contributed by atoms with van der Waals surface area (Å²) in [5.41, 5.74) is -0.532. The van der Waals surface area contributed by atoms with Crippen LogP contribution in [0.4, 0.5) is 13.2 Å². The number of nitrogens with two attached hydrogens (primary N) is 1. The molecule has 4 atom stereocenters. The van der Waals surface area contributed by atoms with Crippen molar-refractivity contribution >= 4 is 16.1 Å². The topological polar surface area (TPSA) is 171 Å². The van der Waals surface area contributed by atoms with E-state index in [1.807, 2.05) is 0 Å². The molecule has 11 nitrogen and oxygen atoms in total. The van der Waals surface area contributed by atoms with Crippen molar-refractivity contribution in [3.05, 3.63) is 77.1 Å². The van der Waals surface area contributed by atoms with E-state index in [1.165, 1.54) is 47.7 Å². The SMILES string of the molecule is NS(=O)(=O)OC[C@H]1C[C@@H](Cc2ncncc2C(=O)c2ccn(Cc3ccccc3C(F)(F)F)n2)[C@H](O)[C@@H]1O. The Morgan fingerprint density at radius 2 is 1.87 bits per heavy atom. The summed E-state index contributed by atoms with van der Waals surface area (Å²) >= 11 is 0. The molecular formula is C23H24F3N5O6S. The van der Waals surface area contributed by atoms with E-state index in [-0.39, 0.29) is 41.9 Å². The first-order valence-corrected chi connectivity index (χ1v) is 12.9. The first-order valence-electron chi connectivity index (χ1n) is 11.4. The maximum atomic E-state index is 13.3. The summed E-state index contributed by atoms with van der Waals surface area (Å²) in [7, 11) is -4.23. The molecule has 4 rings (SSSR count). The number of nitrogens with zero attached hydrogens (tertiary/aromatic N) is 4. The molecule has 2 aromatic heterocycles. The number of benzene rings is 1. The van der Waals surface area contributed by atoms with Crippen LogP contribution in [0.1, 0.15) is 39.3 Å². The van der Waals surface area contributed by atoms with E-state index in [0.29, 0.717) is 0 Å². The van der Waals surface area contributed by atoms with Gasteiger partial charge >= 0.3 is 16.5 Å². The molecule has 1 saturated carbocycles. The predicted octanol–water partition coefficient (Wildman–Crippen LogP) is 1.09. The van der Waals surface area contributed by atoms with Gasteiger partial charge in [0, 0.05) is 18.3 Å². The van der Waals surface area contributed by atoms with Gasteiger partial charge in [-0.15, -0.1) is 0 Å². The molecule has 1 fully saturated rings. The van der Waals surface area contributed by atoms with Gasteiger partial charge in [0.05, 0.1) is 42.2 Å². The Kier molecular flexibility index (Phi) is 7.94. The van der Waals surface area contributed by atoms with Crippen molar-refractivity contribution < 1.29 is 40.8 Å². The van der Waals surface area contributed by atoms with Gasteiger partial charge < -0.3 is 10.2 Å². The highest BCUT2D eigenvalue weighted by atomic mass is 32.2. The molecule has 15 heteroatoms. The molecule has 0 spiro atoms. The quantitative estimate of drug-likeness (QED) is 0.327. The minimum absolute atomic E-state index is 0.0134. The molecule has 0 unspecified atom stereocenters. The van der Waals surface area contributed by atoms with Gasteiger partial charge in [-0.3, -0.25) is 13.7 Å². The van der Waals surface area contributed by atoms with Crippen molar-refractivity contribution in [2.45, 2.75) is 37.8 Å². The lowest BCUT2D eigenvalue weighted by atomic mass is 9.95. The molecule has 0 amide bonds. The molecule has 0 bridgehead atoms. The van der Waals surface area contributed by atoms with Crippen LogP contribution in [0, 0.1) is 11.8 Å². The number of carbonyl (C=O) groups is 1. The van der Waals surface area contributed by atoms with Crippen LogP contribution in [0.2, 0.25) is 0 Å². The number of aliphatic hydroxyl groups is 2. The van der Waals surface area contributed by atoms with Gasteiger partial charge in [-0.05, 0) is 36.5 Å². The van der Waals surface area contributed by atoms with Gasteiger partial charge in [-0.2, -0.15) is 26.7 Å². The van der Waals surface area contributed by atoms with Gasteiger partial charge in [0.2, 0.25) is 5.78 Å². The average Bonchev–Trinajstić information content (AvgIpc) is 3.42. The Morgan fingerprint density at radius 1 is 1.16 bits per heavy atom. The smallest absolute Gasteiger partial charge is 0.390 e. The van der Waals surface area contributed by atoms with Crippen LogP contribution in [-0.2, 0) is 33.6 Å². The molecule has 1 aliphatic carbocycles. The summed E-state index contributed by atoms with van der Waals surface area (Å²) in [6, 6.07) is 6.44. The number of aliphatic hydroxyl groups excluding tert-OH is 2. The van der Waals surface area contributed by atoms with E-state index in [9.17, 15) is 36.6 Å². The Morgan fingerprint density at radius 3 is 2.58 bits per heavy atom. The number of halogens is 3. The van der Waals surface area contributed by atoms with E-state index in [0.717, 1.165) is 6.07 Å². The van der Waals surface area contributed by atoms with E-state index >= 15 is 0 Å². The number of hydrogen-bond donors (Lipinski definition) is 3. The van der Waals surface area contributed by atoms with Crippen molar-refractivity contribution in [1.82, 2.24) is 19.7 Å². The number of rotatable bonds is 9. The number of aromatic nitrogens is 4. The highest BCUT2D eigenvalue weighted by molar-refractivity contribution is 7.84. The molecular weight excluding hydrogens is 531 g/mol. The fraction of sp³-hybridized carbons (Fsp3) is 0.391. The lowest BCUT2D eigenvalue weighted by Gasteiger charge is -2.17. The molecule has 2 heterocycles. The molecule has 1 aliphatic rings. The Bertz CT molecular complexity index is 1410. The maximum absolute atomic E-state index is 13.3. The van der Waals surface area contributed by atoms with Crippen molar-refractivity contribution in [2.75, 3.05) is 6.61 Å². The van der Waals surface area contributed by atoms with Crippen LogP contribution in [0.15, 0.2) is 49.1 Å². The second kappa shape index (κ2) is 10.9. The molecule has 3 aromatic rings. The third kappa shape index (κ3) is 6.42. The fourth-order valence-corrected chi connectivity index (χ4v) is 4.92. The number of alkyl halides is 3. The minimum Gasteiger partial charge on any atom is -0.390 e. The van der Waals surface area contributed by atoms with Gasteiger partial charge in [-0.25, -0.2) is 15.1 Å². The second-order valence-corrected chi connectivity index (χ2v) is 10.2. The van der Waals surface area contributed by atoms with Crippen LogP contribution in [0.25, 0.3) is 0 Å². The normalized spacial score (nSPS) is 22.1. The number of ketones is 1. The third-order valence-corrected chi connectivity index (χ3v) is 6.86. The fourth-order valence-electron chi connectivity index (χ4n) is 4.55. The molecule has 204 valence electrons. The van der Waals surface area contributed by atoms with Gasteiger partial charge in [0.25, 0.3) is 0 Å². The highest BCUT2D eigenvalue weighted by Gasteiger charge is 2.42. The molecule has 0 aliphatic heterocycles. The summed E-state index contributed by atoms with van der Waals surface area (Å²) in [6.45, 7) is -0.632. The summed E-state index contributed by atoms with van der Waals surface area (Å²) < 4.78 is 67.9. The Balaban J connectivity index is 1.50. The summed E-state index contributed by atoms with van der Waals surface area (Å²) in [4.78, 5) is 21.2. The first-order chi connectivity index (χ1) is 17.8. The van der Waals surface area contributed by atoms with Crippen LogP contribution in [0.5, 0.6) is 0 Å². The summed E-state index contributed by atoms with van der Waals surface area (Å²) in [6.07, 6.45) is -2.98. The zero-order chi connectivity index (χ0) is 27.7. The predicted molar refractivity (Wildman–Crippen MR) is 125 cm³/mol. The minimum atomic E-state index is -4.54. The molecule has 0 saturated heterocycles. The van der Waals surface area contributed by atoms with Crippen LogP contribution >= 0.6 is 0 Å². The van der Waals surface area contributed by atoms with Crippen molar-refractivity contribution in [2.24, 2.45) is 17.0 Å². The first kappa shape index (κ1) is 27.8. The maximum Gasteiger partial charge on any atom is 0.416 e. The zero-order valence-electron chi connectivity index (χ0n) is 19.7. The van der Waals surface area contributed by atoms with Crippen LogP contribution < -0.4 is 5.14 Å². The standard InChI is InChI=1S/C23H24F3N5O6S/c24-23(25,26)17-4-2-1-3-13(17)10-31-6-5-18(30-31)22(34)16-9-28-12-29-19(16)8-14-7-15(21(33)20(14)32)11-37-38(27,35)36/h1-6,9,12,14-15,20-21,32-33H,7-8,10-11H2,(H2,27,35,36)/t14-,15+,20-,21+/m0/s1. The molecule has 38 heavy (non-hydrogen) atoms. The van der Waals surface area contributed by atoms with Gasteiger partial charge in [0.15, 0.2) is 0 Å². The van der Waals surface area contributed by atoms with Crippen LogP contribution in [-0.4, -0.2) is 63.0 Å². The lowest BCUT2D eigenvalue weighted by Crippen LogP contribution is -2.31. The molecule has 1 aromatic carbocycles. The molecule has 4 N–H and O–H groups in total. The lowest BCUT2D eigenvalue weighted by molar-refractivity contribution is -0.138. The van der Waals surface area contributed by atoms with Gasteiger partial charge in [0.1, 0.15) is 12.0 Å². The van der Waals surface area contributed by atoms with Crippen molar-refractivity contribution in [3.63, 3.8) is 0 Å². The van der Waals surface area contributed by atoms with Crippen LogP contribution in [0.3, 0.4) is 0 Å². The Labute approximate surface area is 215 Å². The zero-order valence-corrected chi connectivity index (χ0v) is 20.5. The Hall–Kier alpha value is -3.24. The second-order valence-electron chi connectivity index (χ2n) is 8.98. The average molecular weight is 556 g/mol.